The maximum absolute atomic E-state index is 13.1. The van der Waals surface area contributed by atoms with Gasteiger partial charge in [-0.2, -0.15) is 0 Å². The maximum Gasteiger partial charge on any atom is 0.255 e. The first-order valence-electron chi connectivity index (χ1n) is 7.28. The lowest BCUT2D eigenvalue weighted by Gasteiger charge is -2.16. The number of anilines is 2. The number of benzene rings is 2. The van der Waals surface area contributed by atoms with E-state index in [1.54, 1.807) is 37.3 Å². The minimum absolute atomic E-state index is 0.223. The smallest absolute Gasteiger partial charge is 0.255 e. The molecule has 1 atom stereocenters. The standard InChI is InChI=1S/C17H18FN3O3/c1-11(17(23)21-13-5-2-4-12(18)8-13)20-14-6-3-7-15(9-14)24-10-16(19)22/h2-9,11,20H,10H2,1H3,(H2,19,22)(H,21,23). The summed E-state index contributed by atoms with van der Waals surface area (Å²) in [6, 6.07) is 11.9. The topological polar surface area (TPSA) is 93.4 Å². The summed E-state index contributed by atoms with van der Waals surface area (Å²) in [5.41, 5.74) is 6.04. The van der Waals surface area contributed by atoms with E-state index < -0.39 is 17.8 Å². The average Bonchev–Trinajstić information content (AvgIpc) is 2.53. The van der Waals surface area contributed by atoms with Gasteiger partial charge in [-0.1, -0.05) is 12.1 Å². The summed E-state index contributed by atoms with van der Waals surface area (Å²) in [6.45, 7) is 1.45. The van der Waals surface area contributed by atoms with Crippen molar-refractivity contribution >= 4 is 23.2 Å². The van der Waals surface area contributed by atoms with Gasteiger partial charge in [0.2, 0.25) is 5.91 Å². The molecule has 2 amide bonds. The van der Waals surface area contributed by atoms with Crippen molar-refractivity contribution in [3.63, 3.8) is 0 Å². The van der Waals surface area contributed by atoms with Crippen molar-refractivity contribution in [3.05, 3.63) is 54.3 Å². The Labute approximate surface area is 138 Å². The number of nitrogens with two attached hydrogens (primary N) is 1. The first-order valence-corrected chi connectivity index (χ1v) is 7.28. The molecule has 0 spiro atoms. The molecule has 0 aromatic heterocycles. The number of ether oxygens (including phenoxy) is 1. The van der Waals surface area contributed by atoms with Gasteiger partial charge in [-0.25, -0.2) is 4.39 Å². The summed E-state index contributed by atoms with van der Waals surface area (Å²) in [6.07, 6.45) is 0. The Morgan fingerprint density at radius 2 is 1.88 bits per heavy atom. The molecular formula is C17H18FN3O3. The fourth-order valence-electron chi connectivity index (χ4n) is 1.96. The molecule has 4 N–H and O–H groups in total. The van der Waals surface area contributed by atoms with Crippen LogP contribution in [-0.4, -0.2) is 24.5 Å². The van der Waals surface area contributed by atoms with Crippen LogP contribution in [0.4, 0.5) is 15.8 Å². The Kier molecular flexibility index (Phi) is 5.73. The highest BCUT2D eigenvalue weighted by Crippen LogP contribution is 2.18. The Hall–Kier alpha value is -3.09. The minimum Gasteiger partial charge on any atom is -0.484 e. The fourth-order valence-corrected chi connectivity index (χ4v) is 1.96. The van der Waals surface area contributed by atoms with Crippen LogP contribution in [0.5, 0.6) is 5.75 Å². The molecular weight excluding hydrogens is 313 g/mol. The molecule has 7 heteroatoms. The van der Waals surface area contributed by atoms with Gasteiger partial charge in [-0.05, 0) is 37.3 Å². The predicted octanol–water partition coefficient (Wildman–Crippen LogP) is 2.13. The highest BCUT2D eigenvalue weighted by atomic mass is 19.1. The Morgan fingerprint density at radius 3 is 2.58 bits per heavy atom. The normalized spacial score (nSPS) is 11.4. The zero-order valence-electron chi connectivity index (χ0n) is 13.1. The van der Waals surface area contributed by atoms with Gasteiger partial charge in [0.05, 0.1) is 0 Å². The third kappa shape index (κ3) is 5.28. The Morgan fingerprint density at radius 1 is 1.17 bits per heavy atom. The fraction of sp³-hybridized carbons (Fsp3) is 0.176. The zero-order chi connectivity index (χ0) is 17.5. The second kappa shape index (κ2) is 7.96. The molecule has 0 bridgehead atoms. The SMILES string of the molecule is CC(Nc1cccc(OCC(N)=O)c1)C(=O)Nc1cccc(F)c1. The van der Waals surface area contributed by atoms with Crippen molar-refractivity contribution in [2.45, 2.75) is 13.0 Å². The highest BCUT2D eigenvalue weighted by molar-refractivity contribution is 5.96. The van der Waals surface area contributed by atoms with Crippen LogP contribution in [0.3, 0.4) is 0 Å². The van der Waals surface area contributed by atoms with Crippen molar-refractivity contribution in [3.8, 4) is 5.75 Å². The Balaban J connectivity index is 1.95. The monoisotopic (exact) mass is 331 g/mol. The summed E-state index contributed by atoms with van der Waals surface area (Å²) in [4.78, 5) is 22.9. The van der Waals surface area contributed by atoms with Crippen LogP contribution in [0.15, 0.2) is 48.5 Å². The molecule has 2 aromatic rings. The van der Waals surface area contributed by atoms with E-state index in [9.17, 15) is 14.0 Å². The van der Waals surface area contributed by atoms with Gasteiger partial charge in [0, 0.05) is 17.4 Å². The van der Waals surface area contributed by atoms with Crippen LogP contribution < -0.4 is 21.1 Å². The first-order chi connectivity index (χ1) is 11.4. The van der Waals surface area contributed by atoms with E-state index in [0.717, 1.165) is 0 Å². The van der Waals surface area contributed by atoms with Crippen molar-refractivity contribution in [2.75, 3.05) is 17.2 Å². The van der Waals surface area contributed by atoms with Crippen LogP contribution in [0, 0.1) is 5.82 Å². The number of hydrogen-bond acceptors (Lipinski definition) is 4. The van der Waals surface area contributed by atoms with E-state index in [-0.39, 0.29) is 12.5 Å². The molecule has 0 aliphatic heterocycles. The lowest BCUT2D eigenvalue weighted by molar-refractivity contribution is -0.120. The van der Waals surface area contributed by atoms with Gasteiger partial charge < -0.3 is 21.1 Å². The lowest BCUT2D eigenvalue weighted by atomic mass is 10.2. The molecule has 0 aliphatic rings. The molecule has 0 aliphatic carbocycles. The molecule has 6 nitrogen and oxygen atoms in total. The van der Waals surface area contributed by atoms with Crippen molar-refractivity contribution in [1.82, 2.24) is 0 Å². The van der Waals surface area contributed by atoms with Crippen LogP contribution in [0.2, 0.25) is 0 Å². The quantitative estimate of drug-likeness (QED) is 0.724. The summed E-state index contributed by atoms with van der Waals surface area (Å²) < 4.78 is 18.3. The average molecular weight is 331 g/mol. The number of nitrogens with one attached hydrogen (secondary N) is 2. The van der Waals surface area contributed by atoms with E-state index in [1.807, 2.05) is 0 Å². The van der Waals surface area contributed by atoms with Crippen molar-refractivity contribution in [1.29, 1.82) is 0 Å². The minimum atomic E-state index is -0.573. The molecule has 2 rings (SSSR count). The van der Waals surface area contributed by atoms with Crippen LogP contribution in [0.1, 0.15) is 6.92 Å². The largest absolute Gasteiger partial charge is 0.484 e. The summed E-state index contributed by atoms with van der Waals surface area (Å²) in [5.74, 6) is -0.857. The second-order valence-corrected chi connectivity index (χ2v) is 5.15. The van der Waals surface area contributed by atoms with E-state index in [1.165, 1.54) is 18.2 Å². The van der Waals surface area contributed by atoms with Gasteiger partial charge in [-0.3, -0.25) is 9.59 Å². The number of primary amides is 1. The zero-order valence-corrected chi connectivity index (χ0v) is 13.1. The Bertz CT molecular complexity index is 737. The second-order valence-electron chi connectivity index (χ2n) is 5.15. The van der Waals surface area contributed by atoms with Crippen molar-refractivity contribution in [2.24, 2.45) is 5.73 Å². The molecule has 0 fully saturated rings. The molecule has 0 saturated carbocycles. The van der Waals surface area contributed by atoms with E-state index in [0.29, 0.717) is 17.1 Å². The number of amides is 2. The van der Waals surface area contributed by atoms with Crippen LogP contribution >= 0.6 is 0 Å². The molecule has 0 saturated heterocycles. The predicted molar refractivity (Wildman–Crippen MR) is 89.2 cm³/mol. The number of rotatable bonds is 7. The summed E-state index contributed by atoms with van der Waals surface area (Å²) >= 11 is 0. The molecule has 24 heavy (non-hydrogen) atoms. The third-order valence-corrected chi connectivity index (χ3v) is 3.08. The third-order valence-electron chi connectivity index (χ3n) is 3.08. The van der Waals surface area contributed by atoms with Gasteiger partial charge in [0.15, 0.2) is 6.61 Å². The van der Waals surface area contributed by atoms with Gasteiger partial charge in [0.1, 0.15) is 17.6 Å². The number of carbonyl (C=O) groups is 2. The van der Waals surface area contributed by atoms with Gasteiger partial charge in [-0.15, -0.1) is 0 Å². The molecule has 0 heterocycles. The van der Waals surface area contributed by atoms with Crippen LogP contribution in [-0.2, 0) is 9.59 Å². The molecule has 1 unspecified atom stereocenters. The lowest BCUT2D eigenvalue weighted by Crippen LogP contribution is -2.31. The molecule has 126 valence electrons. The van der Waals surface area contributed by atoms with Gasteiger partial charge in [0.25, 0.3) is 5.91 Å². The first kappa shape index (κ1) is 17.3. The van der Waals surface area contributed by atoms with E-state index in [2.05, 4.69) is 10.6 Å². The number of carbonyl (C=O) groups excluding carboxylic acids is 2. The highest BCUT2D eigenvalue weighted by Gasteiger charge is 2.13. The molecule has 2 aromatic carbocycles. The summed E-state index contributed by atoms with van der Waals surface area (Å²) in [7, 11) is 0. The van der Waals surface area contributed by atoms with Gasteiger partial charge >= 0.3 is 0 Å². The summed E-state index contributed by atoms with van der Waals surface area (Å²) in [5, 5.41) is 5.63. The maximum atomic E-state index is 13.1. The van der Waals surface area contributed by atoms with E-state index >= 15 is 0 Å². The van der Waals surface area contributed by atoms with Crippen LogP contribution in [0.25, 0.3) is 0 Å². The van der Waals surface area contributed by atoms with Crippen molar-refractivity contribution < 1.29 is 18.7 Å². The number of hydrogen-bond donors (Lipinski definition) is 3. The van der Waals surface area contributed by atoms with E-state index in [4.69, 9.17) is 10.5 Å². The number of halogens is 1. The molecule has 0 radical (unpaired) electrons.